The summed E-state index contributed by atoms with van der Waals surface area (Å²) in [6.07, 6.45) is 2.23. The Morgan fingerprint density at radius 2 is 1.87 bits per heavy atom. The molecule has 1 unspecified atom stereocenters. The standard InChI is InChI=1S/C22H22FN3O4/c23-17-10-15(3-5-18(17)25-7-1-2-8-25)24-22(28)14-9-21(27)26(12-14)16-4-6-19-20(11-16)30-13-29-19/h3-6,10-11,14H,1-2,7-9,12-13H2,(H,24,28). The molecular formula is C22H22FN3O4. The van der Waals surface area contributed by atoms with E-state index in [1.54, 1.807) is 35.2 Å². The first-order chi connectivity index (χ1) is 14.6. The first kappa shape index (κ1) is 18.7. The summed E-state index contributed by atoms with van der Waals surface area (Å²) in [5.74, 6) is -0.0613. The van der Waals surface area contributed by atoms with E-state index >= 15 is 0 Å². The number of benzene rings is 2. The van der Waals surface area contributed by atoms with Crippen molar-refractivity contribution in [1.29, 1.82) is 0 Å². The molecule has 1 atom stereocenters. The van der Waals surface area contributed by atoms with Crippen molar-refractivity contribution in [3.8, 4) is 11.5 Å². The van der Waals surface area contributed by atoms with Crippen LogP contribution in [0.2, 0.25) is 0 Å². The fraction of sp³-hybridized carbons (Fsp3) is 0.364. The highest BCUT2D eigenvalue weighted by Gasteiger charge is 2.36. The van der Waals surface area contributed by atoms with E-state index in [0.717, 1.165) is 25.9 Å². The van der Waals surface area contributed by atoms with Crippen LogP contribution in [0.3, 0.4) is 0 Å². The third-order valence-corrected chi connectivity index (χ3v) is 5.83. The van der Waals surface area contributed by atoms with Crippen LogP contribution in [-0.2, 0) is 9.59 Å². The second-order valence-corrected chi connectivity index (χ2v) is 7.79. The van der Waals surface area contributed by atoms with Gasteiger partial charge in [-0.05, 0) is 43.2 Å². The predicted molar refractivity (Wildman–Crippen MR) is 110 cm³/mol. The minimum Gasteiger partial charge on any atom is -0.454 e. The van der Waals surface area contributed by atoms with E-state index in [-0.39, 0.29) is 37.4 Å². The molecule has 8 heteroatoms. The molecule has 2 aromatic rings. The SMILES string of the molecule is O=C(Nc1ccc(N2CCCC2)c(F)c1)C1CC(=O)N(c2ccc3c(c2)OCO3)C1. The Hall–Kier alpha value is -3.29. The minimum absolute atomic E-state index is 0.106. The minimum atomic E-state index is -0.510. The highest BCUT2D eigenvalue weighted by atomic mass is 19.1. The number of carbonyl (C=O) groups excluding carboxylic acids is 2. The molecule has 0 aliphatic carbocycles. The lowest BCUT2D eigenvalue weighted by Crippen LogP contribution is -2.28. The van der Waals surface area contributed by atoms with Crippen LogP contribution in [-0.4, -0.2) is 38.2 Å². The molecule has 156 valence electrons. The molecule has 2 amide bonds. The van der Waals surface area contributed by atoms with Gasteiger partial charge in [-0.3, -0.25) is 9.59 Å². The van der Waals surface area contributed by atoms with Crippen LogP contribution in [0.4, 0.5) is 21.5 Å². The zero-order valence-corrected chi connectivity index (χ0v) is 16.4. The van der Waals surface area contributed by atoms with Crippen molar-refractivity contribution < 1.29 is 23.5 Å². The Morgan fingerprint density at radius 1 is 1.07 bits per heavy atom. The molecule has 5 rings (SSSR count). The highest BCUT2D eigenvalue weighted by molar-refractivity contribution is 6.03. The number of hydrogen-bond acceptors (Lipinski definition) is 5. The summed E-state index contributed by atoms with van der Waals surface area (Å²) in [4.78, 5) is 28.8. The van der Waals surface area contributed by atoms with Gasteiger partial charge in [-0.15, -0.1) is 0 Å². The summed E-state index contributed by atoms with van der Waals surface area (Å²) < 4.78 is 25.2. The largest absolute Gasteiger partial charge is 0.454 e. The summed E-state index contributed by atoms with van der Waals surface area (Å²) in [5, 5.41) is 2.76. The lowest BCUT2D eigenvalue weighted by Gasteiger charge is -2.19. The van der Waals surface area contributed by atoms with E-state index in [1.807, 2.05) is 4.90 Å². The number of ether oxygens (including phenoxy) is 2. The molecule has 3 aliphatic heterocycles. The van der Waals surface area contributed by atoms with Crippen molar-refractivity contribution in [2.45, 2.75) is 19.3 Å². The van der Waals surface area contributed by atoms with Gasteiger partial charge in [0.05, 0.1) is 11.6 Å². The zero-order chi connectivity index (χ0) is 20.7. The number of nitrogens with one attached hydrogen (secondary N) is 1. The summed E-state index contributed by atoms with van der Waals surface area (Å²) in [5.41, 5.74) is 1.63. The van der Waals surface area contributed by atoms with Crippen LogP contribution < -0.4 is 24.6 Å². The van der Waals surface area contributed by atoms with Crippen LogP contribution in [0.5, 0.6) is 11.5 Å². The average molecular weight is 411 g/mol. The van der Waals surface area contributed by atoms with Gasteiger partial charge in [0.25, 0.3) is 0 Å². The first-order valence-corrected chi connectivity index (χ1v) is 10.1. The Bertz CT molecular complexity index is 1010. The summed E-state index contributed by atoms with van der Waals surface area (Å²) >= 11 is 0. The van der Waals surface area contributed by atoms with Gasteiger partial charge in [-0.25, -0.2) is 4.39 Å². The van der Waals surface area contributed by atoms with E-state index in [1.165, 1.54) is 6.07 Å². The van der Waals surface area contributed by atoms with Crippen LogP contribution in [0.1, 0.15) is 19.3 Å². The molecule has 0 radical (unpaired) electrons. The number of hydrogen-bond donors (Lipinski definition) is 1. The summed E-state index contributed by atoms with van der Waals surface area (Å²) in [7, 11) is 0. The van der Waals surface area contributed by atoms with E-state index in [0.29, 0.717) is 28.6 Å². The van der Waals surface area contributed by atoms with E-state index < -0.39 is 5.92 Å². The smallest absolute Gasteiger partial charge is 0.231 e. The summed E-state index contributed by atoms with van der Waals surface area (Å²) in [6, 6.07) is 10.0. The molecule has 3 aliphatic rings. The maximum absolute atomic E-state index is 14.5. The number of halogens is 1. The molecule has 2 saturated heterocycles. The molecule has 7 nitrogen and oxygen atoms in total. The van der Waals surface area contributed by atoms with Crippen molar-refractivity contribution in [3.05, 3.63) is 42.2 Å². The van der Waals surface area contributed by atoms with Crippen molar-refractivity contribution in [3.63, 3.8) is 0 Å². The number of nitrogens with zero attached hydrogens (tertiary/aromatic N) is 2. The van der Waals surface area contributed by atoms with Crippen LogP contribution >= 0.6 is 0 Å². The number of rotatable bonds is 4. The van der Waals surface area contributed by atoms with E-state index in [2.05, 4.69) is 5.32 Å². The van der Waals surface area contributed by atoms with E-state index in [9.17, 15) is 14.0 Å². The zero-order valence-electron chi connectivity index (χ0n) is 16.4. The van der Waals surface area contributed by atoms with Crippen molar-refractivity contribution in [2.75, 3.05) is 41.5 Å². The molecular weight excluding hydrogens is 389 g/mol. The molecule has 30 heavy (non-hydrogen) atoms. The van der Waals surface area contributed by atoms with Crippen LogP contribution in [0.15, 0.2) is 36.4 Å². The molecule has 0 saturated carbocycles. The van der Waals surface area contributed by atoms with Gasteiger partial charge < -0.3 is 24.6 Å². The molecule has 3 heterocycles. The number of anilines is 3. The van der Waals surface area contributed by atoms with Crippen molar-refractivity contribution in [2.24, 2.45) is 5.92 Å². The Kier molecular flexibility index (Phi) is 4.69. The number of fused-ring (bicyclic) bond motifs is 1. The van der Waals surface area contributed by atoms with Gasteiger partial charge in [0, 0.05) is 43.5 Å². The molecule has 0 aromatic heterocycles. The molecule has 0 bridgehead atoms. The lowest BCUT2D eigenvalue weighted by atomic mass is 10.1. The Morgan fingerprint density at radius 3 is 2.67 bits per heavy atom. The maximum Gasteiger partial charge on any atom is 0.231 e. The number of amides is 2. The predicted octanol–water partition coefficient (Wildman–Crippen LogP) is 3.15. The summed E-state index contributed by atoms with van der Waals surface area (Å²) in [6.45, 7) is 2.12. The van der Waals surface area contributed by atoms with Crippen molar-refractivity contribution >= 4 is 28.9 Å². The quantitative estimate of drug-likeness (QED) is 0.837. The Labute approximate surface area is 173 Å². The lowest BCUT2D eigenvalue weighted by molar-refractivity contribution is -0.122. The highest BCUT2D eigenvalue weighted by Crippen LogP contribution is 2.37. The number of carbonyl (C=O) groups is 2. The third-order valence-electron chi connectivity index (χ3n) is 5.83. The molecule has 0 spiro atoms. The fourth-order valence-electron chi connectivity index (χ4n) is 4.23. The van der Waals surface area contributed by atoms with Crippen LogP contribution in [0, 0.1) is 11.7 Å². The normalized spacial score (nSPS) is 20.2. The van der Waals surface area contributed by atoms with Gasteiger partial charge in [0.1, 0.15) is 5.82 Å². The monoisotopic (exact) mass is 411 g/mol. The Balaban J connectivity index is 1.26. The van der Waals surface area contributed by atoms with Crippen molar-refractivity contribution in [1.82, 2.24) is 0 Å². The second-order valence-electron chi connectivity index (χ2n) is 7.79. The second kappa shape index (κ2) is 7.51. The maximum atomic E-state index is 14.5. The fourth-order valence-corrected chi connectivity index (χ4v) is 4.23. The van der Waals surface area contributed by atoms with Gasteiger partial charge >= 0.3 is 0 Å². The first-order valence-electron chi connectivity index (χ1n) is 10.1. The third kappa shape index (κ3) is 3.42. The van der Waals surface area contributed by atoms with Gasteiger partial charge in [-0.2, -0.15) is 0 Å². The van der Waals surface area contributed by atoms with Gasteiger partial charge in [-0.1, -0.05) is 0 Å². The van der Waals surface area contributed by atoms with Crippen LogP contribution in [0.25, 0.3) is 0 Å². The topological polar surface area (TPSA) is 71.1 Å². The molecule has 2 aromatic carbocycles. The molecule has 2 fully saturated rings. The van der Waals surface area contributed by atoms with E-state index in [4.69, 9.17) is 9.47 Å². The van der Waals surface area contributed by atoms with Gasteiger partial charge in [0.15, 0.2) is 11.5 Å². The van der Waals surface area contributed by atoms with Gasteiger partial charge in [0.2, 0.25) is 18.6 Å². The molecule has 1 N–H and O–H groups in total. The average Bonchev–Trinajstić information content (AvgIpc) is 3.48.